The molecule has 0 aliphatic heterocycles. The molecule has 21 heavy (non-hydrogen) atoms. The number of hydrogen-bond acceptors (Lipinski definition) is 2. The van der Waals surface area contributed by atoms with Gasteiger partial charge in [0.2, 0.25) is 0 Å². The summed E-state index contributed by atoms with van der Waals surface area (Å²) in [7, 11) is 0. The van der Waals surface area contributed by atoms with E-state index in [0.29, 0.717) is 5.92 Å². The summed E-state index contributed by atoms with van der Waals surface area (Å²) in [5.41, 5.74) is 7.82. The van der Waals surface area contributed by atoms with E-state index in [1.165, 1.54) is 50.8 Å². The lowest BCUT2D eigenvalue weighted by molar-refractivity contribution is 0.403. The Hall–Kier alpha value is -0.990. The average molecular weight is 291 g/mol. The van der Waals surface area contributed by atoms with Crippen molar-refractivity contribution in [2.45, 2.75) is 91.5 Å². The van der Waals surface area contributed by atoms with Crippen molar-refractivity contribution < 1.29 is 0 Å². The van der Waals surface area contributed by atoms with E-state index in [4.69, 9.17) is 10.7 Å². The van der Waals surface area contributed by atoms with E-state index >= 15 is 0 Å². The Balaban J connectivity index is 2.29. The lowest BCUT2D eigenvalue weighted by Gasteiger charge is -2.22. The summed E-state index contributed by atoms with van der Waals surface area (Å²) < 4.78 is 2.33. The zero-order valence-electron chi connectivity index (χ0n) is 14.4. The highest BCUT2D eigenvalue weighted by molar-refractivity contribution is 5.39. The van der Waals surface area contributed by atoms with E-state index in [-0.39, 0.29) is 5.41 Å². The number of rotatable bonds is 5. The van der Waals surface area contributed by atoms with Gasteiger partial charge in [-0.2, -0.15) is 0 Å². The lowest BCUT2D eigenvalue weighted by Crippen LogP contribution is -2.14. The Bertz CT molecular complexity index is 448. The predicted octanol–water partition coefficient (Wildman–Crippen LogP) is 4.90. The van der Waals surface area contributed by atoms with Gasteiger partial charge in [-0.1, -0.05) is 53.4 Å². The average Bonchev–Trinajstić information content (AvgIpc) is 2.73. The zero-order chi connectivity index (χ0) is 15.5. The standard InChI is InChI=1S/C18H33N3/c1-5-6-12-21-16(19)15(13-18(2,3)4)20-17(21)14-10-8-7-9-11-14/h14H,5-13,19H2,1-4H3. The summed E-state index contributed by atoms with van der Waals surface area (Å²) in [4.78, 5) is 5.01. The van der Waals surface area contributed by atoms with Gasteiger partial charge in [-0.3, -0.25) is 0 Å². The summed E-state index contributed by atoms with van der Waals surface area (Å²) in [6.45, 7) is 10.1. The molecule has 0 saturated heterocycles. The Kier molecular flexibility index (Phi) is 5.34. The number of aromatic nitrogens is 2. The summed E-state index contributed by atoms with van der Waals surface area (Å²) in [6.07, 6.45) is 10.0. The maximum atomic E-state index is 6.46. The third kappa shape index (κ3) is 4.24. The van der Waals surface area contributed by atoms with Crippen LogP contribution in [0.15, 0.2) is 0 Å². The zero-order valence-corrected chi connectivity index (χ0v) is 14.4. The normalized spacial score (nSPS) is 17.3. The van der Waals surface area contributed by atoms with Gasteiger partial charge in [0.1, 0.15) is 11.6 Å². The first-order chi connectivity index (χ1) is 9.92. The number of unbranched alkanes of at least 4 members (excludes halogenated alkanes) is 1. The first-order valence-corrected chi connectivity index (χ1v) is 8.77. The van der Waals surface area contributed by atoms with Crippen molar-refractivity contribution in [3.05, 3.63) is 11.5 Å². The van der Waals surface area contributed by atoms with E-state index in [2.05, 4.69) is 32.3 Å². The first-order valence-electron chi connectivity index (χ1n) is 8.77. The Morgan fingerprint density at radius 2 is 1.86 bits per heavy atom. The molecule has 0 spiro atoms. The van der Waals surface area contributed by atoms with Crippen LogP contribution in [0.25, 0.3) is 0 Å². The van der Waals surface area contributed by atoms with Gasteiger partial charge in [0, 0.05) is 12.5 Å². The van der Waals surface area contributed by atoms with E-state index in [1.54, 1.807) is 0 Å². The number of imidazole rings is 1. The molecule has 0 aromatic carbocycles. The van der Waals surface area contributed by atoms with E-state index in [0.717, 1.165) is 24.5 Å². The molecule has 0 atom stereocenters. The van der Waals surface area contributed by atoms with Crippen LogP contribution in [-0.2, 0) is 13.0 Å². The van der Waals surface area contributed by atoms with Gasteiger partial charge in [0.15, 0.2) is 0 Å². The van der Waals surface area contributed by atoms with Gasteiger partial charge >= 0.3 is 0 Å². The van der Waals surface area contributed by atoms with Crippen LogP contribution >= 0.6 is 0 Å². The smallest absolute Gasteiger partial charge is 0.126 e. The maximum absolute atomic E-state index is 6.46. The predicted molar refractivity (Wildman–Crippen MR) is 90.5 cm³/mol. The van der Waals surface area contributed by atoms with Crippen LogP contribution in [-0.4, -0.2) is 9.55 Å². The van der Waals surface area contributed by atoms with Crippen molar-refractivity contribution in [2.75, 3.05) is 5.73 Å². The van der Waals surface area contributed by atoms with Crippen molar-refractivity contribution in [1.82, 2.24) is 9.55 Å². The molecular weight excluding hydrogens is 258 g/mol. The Labute approximate surface area is 130 Å². The Morgan fingerprint density at radius 1 is 1.19 bits per heavy atom. The second-order valence-electron chi connectivity index (χ2n) is 7.88. The molecule has 1 aromatic rings. The van der Waals surface area contributed by atoms with Gasteiger partial charge in [-0.15, -0.1) is 0 Å². The number of hydrogen-bond donors (Lipinski definition) is 1. The molecular formula is C18H33N3. The fourth-order valence-electron chi connectivity index (χ4n) is 3.39. The van der Waals surface area contributed by atoms with Gasteiger partial charge in [0.05, 0.1) is 5.69 Å². The number of anilines is 1. The molecule has 2 N–H and O–H groups in total. The minimum absolute atomic E-state index is 0.238. The van der Waals surface area contributed by atoms with Gasteiger partial charge in [0.25, 0.3) is 0 Å². The molecule has 1 aliphatic carbocycles. The van der Waals surface area contributed by atoms with Crippen molar-refractivity contribution in [3.8, 4) is 0 Å². The second-order valence-corrected chi connectivity index (χ2v) is 7.88. The van der Waals surface area contributed by atoms with Crippen LogP contribution in [0.3, 0.4) is 0 Å². The van der Waals surface area contributed by atoms with Gasteiger partial charge in [-0.05, 0) is 31.1 Å². The molecule has 1 aliphatic rings. The third-order valence-electron chi connectivity index (χ3n) is 4.52. The second kappa shape index (κ2) is 6.85. The molecule has 0 unspecified atom stereocenters. The summed E-state index contributed by atoms with van der Waals surface area (Å²) in [6, 6.07) is 0. The van der Waals surface area contributed by atoms with E-state index in [9.17, 15) is 0 Å². The number of nitrogen functional groups attached to an aromatic ring is 1. The highest BCUT2D eigenvalue weighted by atomic mass is 15.1. The summed E-state index contributed by atoms with van der Waals surface area (Å²) in [5, 5.41) is 0. The molecule has 120 valence electrons. The largest absolute Gasteiger partial charge is 0.384 e. The fourth-order valence-corrected chi connectivity index (χ4v) is 3.39. The molecule has 0 radical (unpaired) electrons. The van der Waals surface area contributed by atoms with Crippen LogP contribution in [0, 0.1) is 5.41 Å². The van der Waals surface area contributed by atoms with Crippen LogP contribution in [0.5, 0.6) is 0 Å². The van der Waals surface area contributed by atoms with Gasteiger partial charge < -0.3 is 10.3 Å². The molecule has 1 fully saturated rings. The molecule has 3 heteroatoms. The van der Waals surface area contributed by atoms with Crippen molar-refractivity contribution >= 4 is 5.82 Å². The first kappa shape index (κ1) is 16.4. The van der Waals surface area contributed by atoms with Crippen LogP contribution in [0.4, 0.5) is 5.82 Å². The number of nitrogens with zero attached hydrogens (tertiary/aromatic N) is 2. The summed E-state index contributed by atoms with van der Waals surface area (Å²) in [5.74, 6) is 2.84. The van der Waals surface area contributed by atoms with Crippen LogP contribution < -0.4 is 5.73 Å². The monoisotopic (exact) mass is 291 g/mol. The molecule has 0 amide bonds. The van der Waals surface area contributed by atoms with Crippen molar-refractivity contribution in [1.29, 1.82) is 0 Å². The van der Waals surface area contributed by atoms with Crippen molar-refractivity contribution in [3.63, 3.8) is 0 Å². The lowest BCUT2D eigenvalue weighted by atomic mass is 9.88. The summed E-state index contributed by atoms with van der Waals surface area (Å²) >= 11 is 0. The molecule has 1 aromatic heterocycles. The van der Waals surface area contributed by atoms with Crippen molar-refractivity contribution in [2.24, 2.45) is 5.41 Å². The SMILES string of the molecule is CCCCn1c(C2CCCCC2)nc(CC(C)(C)C)c1N. The minimum atomic E-state index is 0.238. The fraction of sp³-hybridized carbons (Fsp3) is 0.833. The quantitative estimate of drug-likeness (QED) is 0.838. The third-order valence-corrected chi connectivity index (χ3v) is 4.52. The molecule has 3 nitrogen and oxygen atoms in total. The maximum Gasteiger partial charge on any atom is 0.126 e. The molecule has 0 bridgehead atoms. The van der Waals surface area contributed by atoms with Crippen LogP contribution in [0.1, 0.15) is 90.1 Å². The Morgan fingerprint density at radius 3 is 2.43 bits per heavy atom. The number of nitrogens with two attached hydrogens (primary N) is 1. The topological polar surface area (TPSA) is 43.8 Å². The van der Waals surface area contributed by atoms with E-state index in [1.807, 2.05) is 0 Å². The highest BCUT2D eigenvalue weighted by Gasteiger charge is 2.25. The molecule has 1 heterocycles. The van der Waals surface area contributed by atoms with Crippen LogP contribution in [0.2, 0.25) is 0 Å². The molecule has 2 rings (SSSR count). The molecule has 1 saturated carbocycles. The minimum Gasteiger partial charge on any atom is -0.384 e. The van der Waals surface area contributed by atoms with Gasteiger partial charge in [-0.25, -0.2) is 4.98 Å². The highest BCUT2D eigenvalue weighted by Crippen LogP contribution is 2.35. The van der Waals surface area contributed by atoms with E-state index < -0.39 is 0 Å².